The van der Waals surface area contributed by atoms with Crippen LogP contribution in [-0.4, -0.2) is 36.0 Å². The normalized spacial score (nSPS) is 21.1. The Morgan fingerprint density at radius 1 is 1.67 bits per heavy atom. The van der Waals surface area contributed by atoms with Gasteiger partial charge in [-0.05, 0) is 6.42 Å². The Hall–Kier alpha value is 0.430. The molecule has 0 rings (SSSR count). The van der Waals surface area contributed by atoms with Crippen LogP contribution in [0, 0.1) is 0 Å². The van der Waals surface area contributed by atoms with Crippen LogP contribution < -0.4 is 5.50 Å². The highest BCUT2D eigenvalue weighted by Crippen LogP contribution is 2.42. The van der Waals surface area contributed by atoms with Crippen LogP contribution in [0.1, 0.15) is 11.9 Å². The minimum atomic E-state index is -4.07. The molecular formula is C8H17Cl2N2O2P. The summed E-state index contributed by atoms with van der Waals surface area (Å²) in [5, 5.41) is 0. The first-order valence-corrected chi connectivity index (χ1v) is 6.73. The number of nitrogens with two attached hydrogens (primary N) is 1. The second kappa shape index (κ2) is 8.57. The Labute approximate surface area is 107 Å². The smallest absolute Gasteiger partial charge is 0.306 e. The van der Waals surface area contributed by atoms with Crippen LogP contribution in [-0.2, 0) is 9.09 Å². The molecule has 0 aliphatic carbocycles. The van der Waals surface area contributed by atoms with Gasteiger partial charge in [0.25, 0.3) is 0 Å². The number of hydrogen-bond acceptors (Lipinski definition) is 2. The molecule has 1 unspecified atom stereocenters. The predicted molar refractivity (Wildman–Crippen MR) is 65.6 cm³/mol. The van der Waals surface area contributed by atoms with Gasteiger partial charge in [0.2, 0.25) is 0 Å². The van der Waals surface area contributed by atoms with Crippen molar-refractivity contribution in [3.8, 4) is 0 Å². The maximum atomic E-state index is 12.2. The predicted octanol–water partition coefficient (Wildman–Crippen LogP) is 2.43. The van der Waals surface area contributed by atoms with Gasteiger partial charge in [0.15, 0.2) is 0 Å². The first-order chi connectivity index (χ1) is 8.50. The van der Waals surface area contributed by atoms with Gasteiger partial charge in [-0.25, -0.2) is 10.2 Å². The van der Waals surface area contributed by atoms with Crippen LogP contribution in [0.15, 0.2) is 12.7 Å². The fourth-order valence-electron chi connectivity index (χ4n) is 0.730. The van der Waals surface area contributed by atoms with Crippen molar-refractivity contribution in [3.05, 3.63) is 12.7 Å². The third kappa shape index (κ3) is 6.56. The van der Waals surface area contributed by atoms with Crippen LogP contribution in [0.5, 0.6) is 0 Å². The molecule has 4 nitrogen and oxygen atoms in total. The van der Waals surface area contributed by atoms with E-state index in [2.05, 4.69) is 6.58 Å². The average molecular weight is 279 g/mol. The van der Waals surface area contributed by atoms with E-state index in [0.717, 1.165) is 0 Å². The van der Waals surface area contributed by atoms with Gasteiger partial charge in [0.05, 0.1) is 6.61 Å². The number of halogens is 2. The Morgan fingerprint density at radius 3 is 2.80 bits per heavy atom. The molecule has 0 aliphatic rings. The summed E-state index contributed by atoms with van der Waals surface area (Å²) in [6, 6.07) is 0. The van der Waals surface area contributed by atoms with E-state index >= 15 is 0 Å². The summed E-state index contributed by atoms with van der Waals surface area (Å²) in [7, 11) is -4.07. The minimum absolute atomic E-state index is 0.0303. The molecule has 0 aromatic carbocycles. The molecule has 0 heterocycles. The lowest BCUT2D eigenvalue weighted by Crippen LogP contribution is -2.29. The van der Waals surface area contributed by atoms with E-state index in [9.17, 15) is 4.57 Å². The second-order valence-corrected chi connectivity index (χ2v) is 4.93. The van der Waals surface area contributed by atoms with E-state index in [0.29, 0.717) is 11.1 Å². The van der Waals surface area contributed by atoms with Crippen LogP contribution in [0.25, 0.3) is 0 Å². The summed E-state index contributed by atoms with van der Waals surface area (Å²) >= 11 is 10.8. The first kappa shape index (κ1) is 9.46. The Bertz CT molecular complexity index is 354. The van der Waals surface area contributed by atoms with E-state index in [-0.39, 0.29) is 19.0 Å². The lowest BCUT2D eigenvalue weighted by molar-refractivity contribution is 0.270. The standard InChI is InChI=1S/C8H17Cl2N2O2P/c1-2-3-8-14-15(11,13)12(6-4-9)7-5-10/h2H,1,3-8H2,(H2,11,13)/i4D2,6D2. The highest BCUT2D eigenvalue weighted by molar-refractivity contribution is 7.53. The molecule has 7 heteroatoms. The van der Waals surface area contributed by atoms with E-state index in [4.69, 9.17) is 38.7 Å². The van der Waals surface area contributed by atoms with Gasteiger partial charge in [-0.1, -0.05) is 6.08 Å². The molecule has 2 N–H and O–H groups in total. The molecular weight excluding hydrogens is 258 g/mol. The number of alkyl halides is 2. The molecule has 0 aromatic heterocycles. The zero-order chi connectivity index (χ0) is 15.3. The van der Waals surface area contributed by atoms with Crippen molar-refractivity contribution >= 4 is 30.9 Å². The van der Waals surface area contributed by atoms with Crippen LogP contribution >= 0.6 is 30.9 Å². The molecule has 0 aromatic rings. The molecule has 0 saturated heterocycles. The molecule has 0 saturated carbocycles. The van der Waals surface area contributed by atoms with Crippen molar-refractivity contribution in [3.63, 3.8) is 0 Å². The molecule has 0 aliphatic heterocycles. The first-order valence-electron chi connectivity index (χ1n) is 6.17. The van der Waals surface area contributed by atoms with Gasteiger partial charge in [-0.15, -0.1) is 29.8 Å². The summed E-state index contributed by atoms with van der Waals surface area (Å²) in [6.45, 7) is 0.340. The van der Waals surface area contributed by atoms with Crippen molar-refractivity contribution in [1.82, 2.24) is 4.67 Å². The minimum Gasteiger partial charge on any atom is -0.306 e. The van der Waals surface area contributed by atoms with Gasteiger partial charge >= 0.3 is 7.67 Å². The molecule has 1 atom stereocenters. The molecule has 0 spiro atoms. The molecule has 90 valence electrons. The Morgan fingerprint density at radius 2 is 2.33 bits per heavy atom. The van der Waals surface area contributed by atoms with Crippen molar-refractivity contribution in [2.45, 2.75) is 6.42 Å². The second-order valence-electron chi connectivity index (χ2n) is 2.49. The number of nitrogens with zero attached hydrogens (tertiary/aromatic N) is 1. The molecule has 0 bridgehead atoms. The zero-order valence-electron chi connectivity index (χ0n) is 12.2. The van der Waals surface area contributed by atoms with Gasteiger partial charge < -0.3 is 4.52 Å². The maximum absolute atomic E-state index is 12.2. The van der Waals surface area contributed by atoms with Gasteiger partial charge in [-0.3, -0.25) is 4.57 Å². The fourth-order valence-corrected chi connectivity index (χ4v) is 2.25. The van der Waals surface area contributed by atoms with Crippen molar-refractivity contribution in [2.75, 3.05) is 31.4 Å². The Balaban J connectivity index is 5.19. The molecule has 15 heavy (non-hydrogen) atoms. The van der Waals surface area contributed by atoms with E-state index < -0.39 is 20.0 Å². The molecule has 0 fully saturated rings. The largest absolute Gasteiger partial charge is 0.340 e. The van der Waals surface area contributed by atoms with Gasteiger partial charge in [0.1, 0.15) is 0 Å². The highest BCUT2D eigenvalue weighted by atomic mass is 35.5. The fraction of sp³-hybridized carbons (Fsp3) is 0.750. The van der Waals surface area contributed by atoms with Gasteiger partial charge in [0, 0.05) is 30.2 Å². The number of hydrogen-bond donors (Lipinski definition) is 1. The topological polar surface area (TPSA) is 55.6 Å². The summed E-state index contributed by atoms with van der Waals surface area (Å²) in [6.07, 6.45) is 1.88. The summed E-state index contributed by atoms with van der Waals surface area (Å²) in [5.41, 5.74) is 5.47. The summed E-state index contributed by atoms with van der Waals surface area (Å²) in [4.78, 5) is 0. The van der Waals surface area contributed by atoms with Crippen molar-refractivity contribution < 1.29 is 14.6 Å². The van der Waals surface area contributed by atoms with Crippen LogP contribution in [0.4, 0.5) is 0 Å². The lowest BCUT2D eigenvalue weighted by Gasteiger charge is -2.26. The Kier molecular flexibility index (Phi) is 5.40. The zero-order valence-corrected chi connectivity index (χ0v) is 10.6. The SMILES string of the molecule is [2H]C([2H])(Cl)C([2H])([2H])N(CCCl)P(N)(=O)OCCC=C. The highest BCUT2D eigenvalue weighted by Gasteiger charge is 2.25. The van der Waals surface area contributed by atoms with E-state index in [1.807, 2.05) is 0 Å². The molecule has 0 radical (unpaired) electrons. The summed E-state index contributed by atoms with van der Waals surface area (Å²) in [5.74, 6) is -2.92. The van der Waals surface area contributed by atoms with Crippen molar-refractivity contribution in [1.29, 1.82) is 0 Å². The third-order valence-corrected chi connectivity index (χ3v) is 3.18. The van der Waals surface area contributed by atoms with Crippen molar-refractivity contribution in [2.24, 2.45) is 5.50 Å². The summed E-state index contributed by atoms with van der Waals surface area (Å²) < 4.78 is 47.5. The maximum Gasteiger partial charge on any atom is 0.340 e. The molecule has 0 amide bonds. The van der Waals surface area contributed by atoms with E-state index in [1.165, 1.54) is 6.08 Å². The lowest BCUT2D eigenvalue weighted by atomic mass is 10.5. The third-order valence-electron chi connectivity index (χ3n) is 1.40. The average Bonchev–Trinajstić information content (AvgIpc) is 2.24. The van der Waals surface area contributed by atoms with Gasteiger partial charge in [-0.2, -0.15) is 0 Å². The van der Waals surface area contributed by atoms with Crippen LogP contribution in [0.3, 0.4) is 0 Å². The van der Waals surface area contributed by atoms with Crippen LogP contribution in [0.2, 0.25) is 0 Å². The van der Waals surface area contributed by atoms with E-state index in [1.54, 1.807) is 0 Å². The quantitative estimate of drug-likeness (QED) is 0.305. The number of rotatable bonds is 9. The monoisotopic (exact) mass is 278 g/mol.